The number of carbonyl (C=O) groups is 2. The molecule has 0 aliphatic carbocycles. The molecule has 0 fully saturated rings. The average molecular weight is 577 g/mol. The molecule has 4 aromatic rings. The first-order valence-electron chi connectivity index (χ1n) is 12.4. The van der Waals surface area contributed by atoms with Gasteiger partial charge in [0.05, 0.1) is 37.1 Å². The molecule has 3 aromatic carbocycles. The molecule has 2 N–H and O–H groups in total. The summed E-state index contributed by atoms with van der Waals surface area (Å²) in [6.45, 7) is 3.85. The van der Waals surface area contributed by atoms with Crippen LogP contribution in [0.25, 0.3) is 5.69 Å². The van der Waals surface area contributed by atoms with Crippen molar-refractivity contribution in [3.05, 3.63) is 93.3 Å². The number of hydrogen-bond donors (Lipinski definition) is 2. The Kier molecular flexibility index (Phi) is 9.19. The van der Waals surface area contributed by atoms with Gasteiger partial charge in [0, 0.05) is 29.4 Å². The van der Waals surface area contributed by atoms with E-state index in [0.717, 1.165) is 16.8 Å². The second-order valence-electron chi connectivity index (χ2n) is 8.91. The highest BCUT2D eigenvalue weighted by atomic mass is 32.2. The van der Waals surface area contributed by atoms with Gasteiger partial charge in [-0.3, -0.25) is 24.3 Å². The second kappa shape index (κ2) is 13.0. The van der Waals surface area contributed by atoms with Gasteiger partial charge >= 0.3 is 0 Å². The van der Waals surface area contributed by atoms with Gasteiger partial charge in [0.1, 0.15) is 11.5 Å². The molecule has 2 amide bonds. The number of thioether (sulfide) groups is 1. The van der Waals surface area contributed by atoms with Crippen LogP contribution < -0.4 is 20.1 Å². The van der Waals surface area contributed by atoms with E-state index in [4.69, 9.17) is 9.47 Å². The zero-order valence-corrected chi connectivity index (χ0v) is 23.7. The Balaban J connectivity index is 1.59. The molecule has 41 heavy (non-hydrogen) atoms. The Morgan fingerprint density at radius 2 is 1.76 bits per heavy atom. The van der Waals surface area contributed by atoms with Crippen LogP contribution in [-0.4, -0.2) is 51.5 Å². The number of amides is 2. The van der Waals surface area contributed by atoms with Crippen LogP contribution >= 0.6 is 11.8 Å². The monoisotopic (exact) mass is 576 g/mol. The molecule has 0 aliphatic rings. The number of non-ortho nitro benzene ring substituents is 1. The average Bonchev–Trinajstić information content (AvgIpc) is 3.38. The minimum absolute atomic E-state index is 0.0293. The van der Waals surface area contributed by atoms with Gasteiger partial charge in [-0.25, -0.2) is 0 Å². The fourth-order valence-corrected chi connectivity index (χ4v) is 4.67. The van der Waals surface area contributed by atoms with Gasteiger partial charge in [-0.05, 0) is 55.3 Å². The van der Waals surface area contributed by atoms with Crippen molar-refractivity contribution in [2.45, 2.75) is 25.5 Å². The van der Waals surface area contributed by atoms with E-state index in [-0.39, 0.29) is 29.5 Å². The predicted octanol–water partition coefficient (Wildman–Crippen LogP) is 4.47. The van der Waals surface area contributed by atoms with Crippen molar-refractivity contribution in [3.63, 3.8) is 0 Å². The number of aromatic nitrogens is 3. The van der Waals surface area contributed by atoms with Gasteiger partial charge in [0.15, 0.2) is 11.0 Å². The third-order valence-corrected chi connectivity index (χ3v) is 7.00. The summed E-state index contributed by atoms with van der Waals surface area (Å²) in [5, 5.41) is 25.6. The number of carbonyl (C=O) groups excluding carboxylic acids is 2. The van der Waals surface area contributed by atoms with E-state index in [9.17, 15) is 19.7 Å². The molecule has 0 aliphatic heterocycles. The predicted molar refractivity (Wildman–Crippen MR) is 154 cm³/mol. The molecule has 0 saturated heterocycles. The maximum atomic E-state index is 12.8. The number of anilines is 1. The minimum atomic E-state index is -0.535. The number of nitro groups is 1. The van der Waals surface area contributed by atoms with E-state index < -0.39 is 10.8 Å². The summed E-state index contributed by atoms with van der Waals surface area (Å²) in [6.07, 6.45) is 0. The van der Waals surface area contributed by atoms with Crippen LogP contribution in [-0.2, 0) is 11.3 Å². The van der Waals surface area contributed by atoms with Crippen molar-refractivity contribution >= 4 is 35.0 Å². The van der Waals surface area contributed by atoms with Gasteiger partial charge in [0.2, 0.25) is 5.91 Å². The molecule has 0 bridgehead atoms. The summed E-state index contributed by atoms with van der Waals surface area (Å²) in [5.74, 6) is 0.795. The number of hydrogen-bond acceptors (Lipinski definition) is 9. The number of nitro benzene ring substituents is 1. The van der Waals surface area contributed by atoms with Crippen LogP contribution in [0.5, 0.6) is 11.5 Å². The standard InChI is InChI=1S/C28H28N6O6S/c1-17-5-6-18(2)22(13-17)30-26(35)16-41-28-32-31-25(33(28)23-14-21(39-3)11-12-24(23)40-4)15-29-27(36)19-7-9-20(10-8-19)34(37)38/h5-14H,15-16H2,1-4H3,(H,29,36)(H,30,35). The van der Waals surface area contributed by atoms with Crippen molar-refractivity contribution < 1.29 is 24.0 Å². The van der Waals surface area contributed by atoms with Crippen molar-refractivity contribution in [1.29, 1.82) is 0 Å². The fraction of sp³-hybridized carbons (Fsp3) is 0.214. The lowest BCUT2D eigenvalue weighted by Gasteiger charge is -2.15. The van der Waals surface area contributed by atoms with E-state index in [0.29, 0.717) is 28.2 Å². The number of rotatable bonds is 11. The molecule has 13 heteroatoms. The lowest BCUT2D eigenvalue weighted by atomic mass is 10.1. The third-order valence-electron chi connectivity index (χ3n) is 6.07. The summed E-state index contributed by atoms with van der Waals surface area (Å²) in [7, 11) is 3.06. The first kappa shape index (κ1) is 29.1. The molecule has 0 saturated carbocycles. The topological polar surface area (TPSA) is 151 Å². The summed E-state index contributed by atoms with van der Waals surface area (Å²) in [4.78, 5) is 36.0. The summed E-state index contributed by atoms with van der Waals surface area (Å²) in [6, 6.07) is 16.3. The highest BCUT2D eigenvalue weighted by molar-refractivity contribution is 7.99. The van der Waals surface area contributed by atoms with E-state index in [2.05, 4.69) is 20.8 Å². The van der Waals surface area contributed by atoms with Gasteiger partial charge in [-0.2, -0.15) is 0 Å². The summed E-state index contributed by atoms with van der Waals surface area (Å²) < 4.78 is 12.7. The van der Waals surface area contributed by atoms with Crippen LogP contribution in [0.3, 0.4) is 0 Å². The van der Waals surface area contributed by atoms with E-state index in [1.54, 1.807) is 22.8 Å². The molecule has 1 aromatic heterocycles. The third kappa shape index (κ3) is 7.00. The largest absolute Gasteiger partial charge is 0.497 e. The second-order valence-corrected chi connectivity index (χ2v) is 9.86. The number of nitrogens with zero attached hydrogens (tertiary/aromatic N) is 4. The van der Waals surface area contributed by atoms with Gasteiger partial charge < -0.3 is 20.1 Å². The van der Waals surface area contributed by atoms with Gasteiger partial charge in [-0.1, -0.05) is 23.9 Å². The lowest BCUT2D eigenvalue weighted by Crippen LogP contribution is -2.24. The lowest BCUT2D eigenvalue weighted by molar-refractivity contribution is -0.384. The van der Waals surface area contributed by atoms with Gasteiger partial charge in [0.25, 0.3) is 11.6 Å². The first-order chi connectivity index (χ1) is 19.7. The van der Waals surface area contributed by atoms with E-state index in [1.807, 2.05) is 32.0 Å². The smallest absolute Gasteiger partial charge is 0.269 e. The Bertz CT molecular complexity index is 1590. The molecule has 12 nitrogen and oxygen atoms in total. The normalized spacial score (nSPS) is 10.6. The molecule has 4 rings (SSSR count). The Morgan fingerprint density at radius 1 is 1.00 bits per heavy atom. The zero-order valence-electron chi connectivity index (χ0n) is 22.8. The van der Waals surface area contributed by atoms with Crippen LogP contribution in [0.4, 0.5) is 11.4 Å². The Hall–Kier alpha value is -4.91. The summed E-state index contributed by atoms with van der Waals surface area (Å²) >= 11 is 1.17. The highest BCUT2D eigenvalue weighted by Crippen LogP contribution is 2.32. The Labute approximate surface area is 240 Å². The molecule has 0 radical (unpaired) electrons. The van der Waals surface area contributed by atoms with E-state index >= 15 is 0 Å². The van der Waals surface area contributed by atoms with Crippen LogP contribution in [0.2, 0.25) is 0 Å². The SMILES string of the molecule is COc1ccc(OC)c(-n2c(CNC(=O)c3ccc([N+](=O)[O-])cc3)nnc2SCC(=O)Nc2cc(C)ccc2C)c1. The first-order valence-corrected chi connectivity index (χ1v) is 13.4. The highest BCUT2D eigenvalue weighted by Gasteiger charge is 2.21. The minimum Gasteiger partial charge on any atom is -0.497 e. The maximum absolute atomic E-state index is 12.8. The van der Waals surface area contributed by atoms with E-state index in [1.165, 1.54) is 50.2 Å². The van der Waals surface area contributed by atoms with Gasteiger partial charge in [-0.15, -0.1) is 10.2 Å². The number of nitrogens with one attached hydrogen (secondary N) is 2. The quantitative estimate of drug-likeness (QED) is 0.150. The molecular formula is C28H28N6O6S. The number of benzene rings is 3. The molecule has 0 spiro atoms. The fourth-order valence-electron chi connectivity index (χ4n) is 3.90. The van der Waals surface area contributed by atoms with Crippen LogP contribution in [0.1, 0.15) is 27.3 Å². The molecular weight excluding hydrogens is 548 g/mol. The Morgan fingerprint density at radius 3 is 2.44 bits per heavy atom. The number of methoxy groups -OCH3 is 2. The number of aryl methyl sites for hydroxylation is 2. The number of ether oxygens (including phenoxy) is 2. The zero-order chi connectivity index (χ0) is 29.5. The molecule has 0 atom stereocenters. The van der Waals surface area contributed by atoms with Crippen molar-refractivity contribution in [3.8, 4) is 17.2 Å². The molecule has 212 valence electrons. The van der Waals surface area contributed by atoms with Crippen molar-refractivity contribution in [2.24, 2.45) is 0 Å². The molecule has 1 heterocycles. The summed E-state index contributed by atoms with van der Waals surface area (Å²) in [5.41, 5.74) is 3.40. The van der Waals surface area contributed by atoms with Crippen LogP contribution in [0, 0.1) is 24.0 Å². The van der Waals surface area contributed by atoms with Crippen LogP contribution in [0.15, 0.2) is 65.8 Å². The van der Waals surface area contributed by atoms with Crippen molar-refractivity contribution in [2.75, 3.05) is 25.3 Å². The maximum Gasteiger partial charge on any atom is 0.269 e. The molecule has 0 unspecified atom stereocenters. The van der Waals surface area contributed by atoms with Crippen molar-refractivity contribution in [1.82, 2.24) is 20.1 Å².